The van der Waals surface area contributed by atoms with Crippen LogP contribution in [-0.4, -0.2) is 67.4 Å². The topological polar surface area (TPSA) is 79.0 Å². The maximum Gasteiger partial charge on any atom is 0.337 e. The molecule has 0 bridgehead atoms. The number of nitrogens with zero attached hydrogens (tertiary/aromatic N) is 2. The predicted molar refractivity (Wildman–Crippen MR) is 108 cm³/mol. The standard InChI is InChI=1S/C22H25N3O4/c1-29-22(28)19-9-7-17(8-10-19)15-23-20(26)16-24-11-13-25(14-12-24)21(27)18-5-3-2-4-6-18/h2-10H,11-16H2,1H3,(H,23,26). The van der Waals surface area contributed by atoms with Crippen molar-refractivity contribution in [2.75, 3.05) is 39.8 Å². The summed E-state index contributed by atoms with van der Waals surface area (Å²) in [5, 5.41) is 2.89. The SMILES string of the molecule is COC(=O)c1ccc(CNC(=O)CN2CCN(C(=O)c3ccccc3)CC2)cc1. The molecule has 1 heterocycles. The Morgan fingerprint density at radius 2 is 1.55 bits per heavy atom. The van der Waals surface area contributed by atoms with Crippen molar-refractivity contribution in [1.82, 2.24) is 15.1 Å². The van der Waals surface area contributed by atoms with Gasteiger partial charge in [-0.1, -0.05) is 30.3 Å². The second-order valence-electron chi connectivity index (χ2n) is 6.90. The molecule has 3 rings (SSSR count). The second kappa shape index (κ2) is 9.84. The van der Waals surface area contributed by atoms with Crippen molar-refractivity contribution in [2.45, 2.75) is 6.54 Å². The van der Waals surface area contributed by atoms with Gasteiger partial charge < -0.3 is 15.0 Å². The quantitative estimate of drug-likeness (QED) is 0.751. The lowest BCUT2D eigenvalue weighted by molar-refractivity contribution is -0.122. The van der Waals surface area contributed by atoms with Crippen molar-refractivity contribution >= 4 is 17.8 Å². The van der Waals surface area contributed by atoms with E-state index in [0.717, 1.165) is 5.56 Å². The highest BCUT2D eigenvalue weighted by atomic mass is 16.5. The molecule has 1 aliphatic heterocycles. The minimum atomic E-state index is -0.384. The van der Waals surface area contributed by atoms with Crippen LogP contribution in [-0.2, 0) is 16.1 Å². The fraction of sp³-hybridized carbons (Fsp3) is 0.318. The molecular weight excluding hydrogens is 370 g/mol. The molecule has 0 radical (unpaired) electrons. The molecule has 0 atom stereocenters. The molecule has 0 saturated carbocycles. The monoisotopic (exact) mass is 395 g/mol. The predicted octanol–water partition coefficient (Wildman–Crippen LogP) is 1.55. The van der Waals surface area contributed by atoms with Crippen LogP contribution in [0.25, 0.3) is 0 Å². The zero-order valence-corrected chi connectivity index (χ0v) is 16.5. The number of ether oxygens (including phenoxy) is 1. The van der Waals surface area contributed by atoms with E-state index >= 15 is 0 Å². The first kappa shape index (κ1) is 20.5. The Morgan fingerprint density at radius 1 is 0.897 bits per heavy atom. The van der Waals surface area contributed by atoms with Crippen LogP contribution in [0.2, 0.25) is 0 Å². The Morgan fingerprint density at radius 3 is 2.17 bits per heavy atom. The Balaban J connectivity index is 1.40. The molecule has 0 aromatic heterocycles. The Hall–Kier alpha value is -3.19. The molecule has 29 heavy (non-hydrogen) atoms. The summed E-state index contributed by atoms with van der Waals surface area (Å²) < 4.78 is 4.67. The van der Waals surface area contributed by atoms with Gasteiger partial charge in [-0.2, -0.15) is 0 Å². The molecule has 1 aliphatic rings. The van der Waals surface area contributed by atoms with Crippen molar-refractivity contribution in [2.24, 2.45) is 0 Å². The molecule has 2 aromatic carbocycles. The van der Waals surface area contributed by atoms with Gasteiger partial charge in [0.2, 0.25) is 5.91 Å². The van der Waals surface area contributed by atoms with Gasteiger partial charge in [-0.05, 0) is 29.8 Å². The third-order valence-electron chi connectivity index (χ3n) is 4.91. The lowest BCUT2D eigenvalue weighted by atomic mass is 10.1. The maximum atomic E-state index is 12.5. The molecule has 0 unspecified atom stereocenters. The van der Waals surface area contributed by atoms with Gasteiger partial charge in [-0.3, -0.25) is 14.5 Å². The number of rotatable bonds is 6. The number of esters is 1. The molecular formula is C22H25N3O4. The average molecular weight is 395 g/mol. The third-order valence-corrected chi connectivity index (χ3v) is 4.91. The molecule has 7 nitrogen and oxygen atoms in total. The molecule has 2 amide bonds. The highest BCUT2D eigenvalue weighted by Gasteiger charge is 2.23. The van der Waals surface area contributed by atoms with Crippen LogP contribution in [0, 0.1) is 0 Å². The molecule has 0 aliphatic carbocycles. The summed E-state index contributed by atoms with van der Waals surface area (Å²) in [4.78, 5) is 40.0. The Labute approximate surface area is 170 Å². The third kappa shape index (κ3) is 5.65. The number of hydrogen-bond donors (Lipinski definition) is 1. The van der Waals surface area contributed by atoms with Crippen molar-refractivity contribution in [3.63, 3.8) is 0 Å². The summed E-state index contributed by atoms with van der Waals surface area (Å²) in [6.07, 6.45) is 0. The number of nitrogens with one attached hydrogen (secondary N) is 1. The van der Waals surface area contributed by atoms with E-state index in [2.05, 4.69) is 10.1 Å². The molecule has 1 N–H and O–H groups in total. The molecule has 0 spiro atoms. The fourth-order valence-electron chi connectivity index (χ4n) is 3.21. The zero-order chi connectivity index (χ0) is 20.6. The van der Waals surface area contributed by atoms with Gasteiger partial charge in [0, 0.05) is 38.3 Å². The number of piperazine rings is 1. The number of amides is 2. The van der Waals surface area contributed by atoms with Gasteiger partial charge in [-0.25, -0.2) is 4.79 Å². The van der Waals surface area contributed by atoms with Crippen LogP contribution in [0.3, 0.4) is 0 Å². The molecule has 152 valence electrons. The van der Waals surface area contributed by atoms with Crippen LogP contribution in [0.4, 0.5) is 0 Å². The zero-order valence-electron chi connectivity index (χ0n) is 16.5. The number of methoxy groups -OCH3 is 1. The minimum Gasteiger partial charge on any atom is -0.465 e. The first-order chi connectivity index (χ1) is 14.1. The van der Waals surface area contributed by atoms with Gasteiger partial charge >= 0.3 is 5.97 Å². The highest BCUT2D eigenvalue weighted by molar-refractivity contribution is 5.94. The van der Waals surface area contributed by atoms with Crippen molar-refractivity contribution in [3.05, 3.63) is 71.3 Å². The van der Waals surface area contributed by atoms with Crippen molar-refractivity contribution in [3.8, 4) is 0 Å². The summed E-state index contributed by atoms with van der Waals surface area (Å²) in [6.45, 7) is 3.24. The molecule has 1 saturated heterocycles. The Bertz CT molecular complexity index is 844. The van der Waals surface area contributed by atoms with E-state index in [1.807, 2.05) is 40.1 Å². The van der Waals surface area contributed by atoms with Crippen LogP contribution in [0.5, 0.6) is 0 Å². The lowest BCUT2D eigenvalue weighted by Gasteiger charge is -2.34. The smallest absolute Gasteiger partial charge is 0.337 e. The van der Waals surface area contributed by atoms with Crippen LogP contribution < -0.4 is 5.32 Å². The van der Waals surface area contributed by atoms with Gasteiger partial charge in [0.1, 0.15) is 0 Å². The van der Waals surface area contributed by atoms with E-state index in [0.29, 0.717) is 50.4 Å². The number of hydrogen-bond acceptors (Lipinski definition) is 5. The fourth-order valence-corrected chi connectivity index (χ4v) is 3.21. The highest BCUT2D eigenvalue weighted by Crippen LogP contribution is 2.09. The lowest BCUT2D eigenvalue weighted by Crippen LogP contribution is -2.51. The Kier molecular flexibility index (Phi) is 6.97. The molecule has 7 heteroatoms. The average Bonchev–Trinajstić information content (AvgIpc) is 2.78. The van der Waals surface area contributed by atoms with Gasteiger partial charge in [0.15, 0.2) is 0 Å². The number of carbonyl (C=O) groups excluding carboxylic acids is 3. The van der Waals surface area contributed by atoms with E-state index in [1.165, 1.54) is 7.11 Å². The summed E-state index contributed by atoms with van der Waals surface area (Å²) in [5.74, 6) is -0.416. The van der Waals surface area contributed by atoms with E-state index in [-0.39, 0.29) is 17.8 Å². The van der Waals surface area contributed by atoms with Crippen molar-refractivity contribution in [1.29, 1.82) is 0 Å². The summed E-state index contributed by atoms with van der Waals surface area (Å²) in [6, 6.07) is 16.2. The summed E-state index contributed by atoms with van der Waals surface area (Å²) in [7, 11) is 1.34. The summed E-state index contributed by atoms with van der Waals surface area (Å²) in [5.41, 5.74) is 2.08. The van der Waals surface area contributed by atoms with Gasteiger partial charge in [0.05, 0.1) is 19.2 Å². The van der Waals surface area contributed by atoms with Crippen LogP contribution in [0.1, 0.15) is 26.3 Å². The molecule has 1 fully saturated rings. The number of carbonyl (C=O) groups is 3. The second-order valence-corrected chi connectivity index (χ2v) is 6.90. The maximum absolute atomic E-state index is 12.5. The molecule has 2 aromatic rings. The largest absolute Gasteiger partial charge is 0.465 e. The normalized spacial score (nSPS) is 14.3. The summed E-state index contributed by atoms with van der Waals surface area (Å²) >= 11 is 0. The first-order valence-electron chi connectivity index (χ1n) is 9.57. The van der Waals surface area contributed by atoms with E-state index in [9.17, 15) is 14.4 Å². The van der Waals surface area contributed by atoms with Crippen molar-refractivity contribution < 1.29 is 19.1 Å². The van der Waals surface area contributed by atoms with E-state index in [1.54, 1.807) is 24.3 Å². The van der Waals surface area contributed by atoms with E-state index < -0.39 is 0 Å². The minimum absolute atomic E-state index is 0.0325. The number of benzene rings is 2. The van der Waals surface area contributed by atoms with Crippen LogP contribution >= 0.6 is 0 Å². The van der Waals surface area contributed by atoms with E-state index in [4.69, 9.17) is 0 Å². The van der Waals surface area contributed by atoms with Gasteiger partial charge in [-0.15, -0.1) is 0 Å². The van der Waals surface area contributed by atoms with Crippen LogP contribution in [0.15, 0.2) is 54.6 Å². The first-order valence-corrected chi connectivity index (χ1v) is 9.57. The van der Waals surface area contributed by atoms with Gasteiger partial charge in [0.25, 0.3) is 5.91 Å².